The molecule has 6 nitrogen and oxygen atoms in total. The van der Waals surface area contributed by atoms with Gasteiger partial charge in [-0.2, -0.15) is 5.10 Å². The fourth-order valence-electron chi connectivity index (χ4n) is 2.88. The van der Waals surface area contributed by atoms with Crippen LogP contribution in [0.15, 0.2) is 85.3 Å². The van der Waals surface area contributed by atoms with E-state index in [-0.39, 0.29) is 12.5 Å². The fraction of sp³-hybridized carbons (Fsp3) is 0.0870. The maximum atomic E-state index is 12.6. The quantitative estimate of drug-likeness (QED) is 0.467. The Kier molecular flexibility index (Phi) is 6.06. The van der Waals surface area contributed by atoms with Gasteiger partial charge in [0.25, 0.3) is 5.91 Å². The molecular weight excluding hydrogens is 400 g/mol. The molecule has 1 N–H and O–H groups in total. The Bertz CT molecular complexity index is 1130. The molecule has 2 aromatic carbocycles. The van der Waals surface area contributed by atoms with E-state index in [2.05, 4.69) is 15.4 Å². The molecular formula is C23H19ClN4O2. The maximum absolute atomic E-state index is 12.6. The average Bonchev–Trinajstić information content (AvgIpc) is 3.28. The molecule has 0 bridgehead atoms. The average molecular weight is 419 g/mol. The molecule has 4 rings (SSSR count). The highest BCUT2D eigenvalue weighted by Crippen LogP contribution is 2.24. The van der Waals surface area contributed by atoms with E-state index in [1.54, 1.807) is 36.7 Å². The minimum absolute atomic E-state index is 0.283. The summed E-state index contributed by atoms with van der Waals surface area (Å²) in [7, 11) is 0. The topological polar surface area (TPSA) is 69.0 Å². The van der Waals surface area contributed by atoms with Crippen LogP contribution in [0.4, 0.5) is 5.69 Å². The molecule has 0 aliphatic carbocycles. The number of carbonyl (C=O) groups excluding carboxylic acids is 1. The molecule has 0 atom stereocenters. The van der Waals surface area contributed by atoms with E-state index >= 15 is 0 Å². The number of amides is 1. The smallest absolute Gasteiger partial charge is 0.274 e. The van der Waals surface area contributed by atoms with Gasteiger partial charge in [-0.25, -0.2) is 0 Å². The second-order valence-electron chi connectivity index (χ2n) is 6.62. The summed E-state index contributed by atoms with van der Waals surface area (Å²) in [6.07, 6.45) is 5.24. The number of para-hydroxylation sites is 1. The van der Waals surface area contributed by atoms with Crippen molar-refractivity contribution in [2.24, 2.45) is 0 Å². The van der Waals surface area contributed by atoms with E-state index in [4.69, 9.17) is 16.3 Å². The number of anilines is 1. The van der Waals surface area contributed by atoms with E-state index < -0.39 is 0 Å². The second-order valence-corrected chi connectivity index (χ2v) is 7.03. The number of hydrogen-bond acceptors (Lipinski definition) is 4. The molecule has 0 aliphatic heterocycles. The molecule has 150 valence electrons. The molecule has 0 fully saturated rings. The van der Waals surface area contributed by atoms with Crippen LogP contribution in [0.25, 0.3) is 0 Å². The number of rotatable bonds is 7. The summed E-state index contributed by atoms with van der Waals surface area (Å²) in [5.41, 5.74) is 2.93. The summed E-state index contributed by atoms with van der Waals surface area (Å²) < 4.78 is 7.57. The van der Waals surface area contributed by atoms with Crippen LogP contribution in [-0.2, 0) is 13.2 Å². The van der Waals surface area contributed by atoms with Crippen LogP contribution in [0.1, 0.15) is 21.6 Å². The highest BCUT2D eigenvalue weighted by molar-refractivity contribution is 6.32. The van der Waals surface area contributed by atoms with Crippen LogP contribution in [0.5, 0.6) is 5.75 Å². The number of nitrogens with one attached hydrogen (secondary N) is 1. The van der Waals surface area contributed by atoms with Crippen LogP contribution >= 0.6 is 11.6 Å². The van der Waals surface area contributed by atoms with Gasteiger partial charge in [-0.3, -0.25) is 14.5 Å². The van der Waals surface area contributed by atoms with E-state index in [1.807, 2.05) is 53.3 Å². The maximum Gasteiger partial charge on any atom is 0.274 e. The predicted octanol–water partition coefficient (Wildman–Crippen LogP) is 4.81. The van der Waals surface area contributed by atoms with Crippen LogP contribution in [0, 0.1) is 0 Å². The zero-order valence-corrected chi connectivity index (χ0v) is 16.8. The molecule has 0 saturated heterocycles. The monoisotopic (exact) mass is 418 g/mol. The van der Waals surface area contributed by atoms with Gasteiger partial charge in [0, 0.05) is 24.3 Å². The Morgan fingerprint density at radius 2 is 1.83 bits per heavy atom. The second kappa shape index (κ2) is 9.24. The van der Waals surface area contributed by atoms with E-state index in [0.717, 1.165) is 11.1 Å². The standard InChI is InChI=1S/C23H19ClN4O2/c24-20-4-1-2-5-22(20)30-16-18-10-12-25-21(14-18)23(29)27-19-8-6-17(7-9-19)15-28-13-3-11-26-28/h1-14H,15-16H2,(H,27,29). The lowest BCUT2D eigenvalue weighted by Crippen LogP contribution is -2.14. The lowest BCUT2D eigenvalue weighted by Gasteiger charge is -2.09. The number of nitrogens with zero attached hydrogens (tertiary/aromatic N) is 3. The van der Waals surface area contributed by atoms with Gasteiger partial charge in [0.05, 0.1) is 11.6 Å². The number of ether oxygens (including phenoxy) is 1. The molecule has 2 heterocycles. The van der Waals surface area contributed by atoms with Crippen molar-refractivity contribution in [2.45, 2.75) is 13.2 Å². The zero-order valence-electron chi connectivity index (χ0n) is 16.0. The molecule has 2 aromatic heterocycles. The summed E-state index contributed by atoms with van der Waals surface area (Å²) in [6.45, 7) is 0.963. The molecule has 0 radical (unpaired) electrons. The Morgan fingerprint density at radius 3 is 2.60 bits per heavy atom. The summed E-state index contributed by atoms with van der Waals surface area (Å²) in [5.74, 6) is 0.312. The van der Waals surface area contributed by atoms with Gasteiger partial charge in [-0.1, -0.05) is 35.9 Å². The lowest BCUT2D eigenvalue weighted by molar-refractivity contribution is 0.102. The molecule has 0 aliphatic rings. The number of halogens is 1. The molecule has 0 spiro atoms. The van der Waals surface area contributed by atoms with Gasteiger partial charge < -0.3 is 10.1 Å². The van der Waals surface area contributed by atoms with Gasteiger partial charge in [0.1, 0.15) is 18.1 Å². The first-order valence-corrected chi connectivity index (χ1v) is 9.75. The molecule has 1 amide bonds. The summed E-state index contributed by atoms with van der Waals surface area (Å²) in [5, 5.41) is 7.60. The van der Waals surface area contributed by atoms with Crippen molar-refractivity contribution >= 4 is 23.2 Å². The summed E-state index contributed by atoms with van der Waals surface area (Å²) in [6, 6.07) is 20.3. The van der Waals surface area contributed by atoms with Crippen molar-refractivity contribution in [3.05, 3.63) is 107 Å². The first kappa shape index (κ1) is 19.7. The minimum Gasteiger partial charge on any atom is -0.487 e. The first-order chi connectivity index (χ1) is 14.7. The Morgan fingerprint density at radius 1 is 1.00 bits per heavy atom. The number of carbonyl (C=O) groups is 1. The van der Waals surface area contributed by atoms with E-state index in [9.17, 15) is 4.79 Å². The van der Waals surface area contributed by atoms with E-state index in [0.29, 0.717) is 28.7 Å². The van der Waals surface area contributed by atoms with Crippen LogP contribution in [0.3, 0.4) is 0 Å². The highest BCUT2D eigenvalue weighted by atomic mass is 35.5. The van der Waals surface area contributed by atoms with Crippen molar-refractivity contribution in [3.63, 3.8) is 0 Å². The lowest BCUT2D eigenvalue weighted by atomic mass is 10.2. The minimum atomic E-state index is -0.283. The van der Waals surface area contributed by atoms with Crippen molar-refractivity contribution in [3.8, 4) is 5.75 Å². The number of aromatic nitrogens is 3. The largest absolute Gasteiger partial charge is 0.487 e. The number of pyridine rings is 1. The summed E-state index contributed by atoms with van der Waals surface area (Å²) >= 11 is 6.11. The predicted molar refractivity (Wildman–Crippen MR) is 116 cm³/mol. The third-order valence-corrected chi connectivity index (χ3v) is 4.72. The number of hydrogen-bond donors (Lipinski definition) is 1. The fourth-order valence-corrected chi connectivity index (χ4v) is 3.07. The molecule has 0 unspecified atom stereocenters. The molecule has 30 heavy (non-hydrogen) atoms. The number of benzene rings is 2. The molecule has 4 aromatic rings. The third-order valence-electron chi connectivity index (χ3n) is 4.40. The van der Waals surface area contributed by atoms with Crippen molar-refractivity contribution in [1.82, 2.24) is 14.8 Å². The van der Waals surface area contributed by atoms with Gasteiger partial charge in [0.2, 0.25) is 0 Å². The first-order valence-electron chi connectivity index (χ1n) is 9.37. The van der Waals surface area contributed by atoms with Gasteiger partial charge in [-0.15, -0.1) is 0 Å². The van der Waals surface area contributed by atoms with Gasteiger partial charge >= 0.3 is 0 Å². The van der Waals surface area contributed by atoms with Crippen LogP contribution in [0.2, 0.25) is 5.02 Å². The van der Waals surface area contributed by atoms with Crippen LogP contribution in [-0.4, -0.2) is 20.7 Å². The van der Waals surface area contributed by atoms with E-state index in [1.165, 1.54) is 0 Å². The molecule has 0 saturated carbocycles. The zero-order chi connectivity index (χ0) is 20.8. The van der Waals surface area contributed by atoms with Crippen molar-refractivity contribution in [2.75, 3.05) is 5.32 Å². The van der Waals surface area contributed by atoms with Gasteiger partial charge in [-0.05, 0) is 53.6 Å². The molecule has 7 heteroatoms. The van der Waals surface area contributed by atoms with Crippen molar-refractivity contribution in [1.29, 1.82) is 0 Å². The normalized spacial score (nSPS) is 10.6. The Balaban J connectivity index is 1.37. The Labute approximate surface area is 179 Å². The third kappa shape index (κ3) is 5.04. The van der Waals surface area contributed by atoms with Crippen LogP contribution < -0.4 is 10.1 Å². The summed E-state index contributed by atoms with van der Waals surface area (Å²) in [4.78, 5) is 16.8. The highest BCUT2D eigenvalue weighted by Gasteiger charge is 2.10. The van der Waals surface area contributed by atoms with Gasteiger partial charge in [0.15, 0.2) is 0 Å². The Hall–Kier alpha value is -3.64. The SMILES string of the molecule is O=C(Nc1ccc(Cn2cccn2)cc1)c1cc(COc2ccccc2Cl)ccn1. The van der Waals surface area contributed by atoms with Crippen molar-refractivity contribution < 1.29 is 9.53 Å².